The van der Waals surface area contributed by atoms with Gasteiger partial charge in [0.2, 0.25) is 0 Å². The molecule has 18 heavy (non-hydrogen) atoms. The van der Waals surface area contributed by atoms with Gasteiger partial charge < -0.3 is 10.2 Å². The number of likely N-dealkylation sites (tertiary alicyclic amines) is 1. The van der Waals surface area contributed by atoms with Crippen molar-refractivity contribution in [2.75, 3.05) is 32.0 Å². The highest BCUT2D eigenvalue weighted by Gasteiger charge is 2.19. The van der Waals surface area contributed by atoms with Crippen LogP contribution in [0.25, 0.3) is 10.2 Å². The molecule has 3 nitrogen and oxygen atoms in total. The Labute approximate surface area is 112 Å². The Bertz CT molecular complexity index is 549. The summed E-state index contributed by atoms with van der Waals surface area (Å²) in [4.78, 5) is 7.02. The Balaban J connectivity index is 1.67. The maximum absolute atomic E-state index is 4.63. The second kappa shape index (κ2) is 4.86. The molecule has 0 aliphatic carbocycles. The van der Waals surface area contributed by atoms with Crippen LogP contribution >= 0.6 is 11.3 Å². The molecule has 1 aliphatic rings. The quantitative estimate of drug-likeness (QED) is 0.920. The minimum Gasteiger partial charge on any atom is -0.361 e. The molecule has 96 valence electrons. The fourth-order valence-corrected chi connectivity index (χ4v) is 3.50. The molecule has 1 aromatic heterocycles. The third kappa shape index (κ3) is 2.49. The van der Waals surface area contributed by atoms with E-state index < -0.39 is 0 Å². The third-order valence-electron chi connectivity index (χ3n) is 3.57. The van der Waals surface area contributed by atoms with Crippen molar-refractivity contribution in [2.24, 2.45) is 5.92 Å². The molecule has 1 aliphatic heterocycles. The number of rotatable bonds is 3. The average molecular weight is 261 g/mol. The second-order valence-corrected chi connectivity index (χ2v) is 6.32. The standard InChI is InChI=1S/C14H19N3S/c1-10-3-4-12-13(7-10)18-14(16-12)15-8-11-5-6-17(2)9-11/h3-4,7,11H,5-6,8-9H2,1-2H3,(H,15,16). The van der Waals surface area contributed by atoms with Crippen LogP contribution in [0.5, 0.6) is 0 Å². The number of aromatic nitrogens is 1. The SMILES string of the molecule is Cc1ccc2nc(NCC3CCN(C)C3)sc2c1. The summed E-state index contributed by atoms with van der Waals surface area (Å²) >= 11 is 1.76. The number of anilines is 1. The molecule has 0 bridgehead atoms. The van der Waals surface area contributed by atoms with Crippen LogP contribution in [0.1, 0.15) is 12.0 Å². The first-order valence-corrected chi connectivity index (χ1v) is 7.32. The van der Waals surface area contributed by atoms with Crippen molar-refractivity contribution in [1.29, 1.82) is 0 Å². The summed E-state index contributed by atoms with van der Waals surface area (Å²) in [5, 5.41) is 4.56. The predicted octanol–water partition coefficient (Wildman–Crippen LogP) is 2.97. The molecule has 3 rings (SSSR count). The number of aryl methyl sites for hydroxylation is 1. The van der Waals surface area contributed by atoms with E-state index >= 15 is 0 Å². The van der Waals surface area contributed by atoms with E-state index in [9.17, 15) is 0 Å². The monoisotopic (exact) mass is 261 g/mol. The van der Waals surface area contributed by atoms with Crippen molar-refractivity contribution in [1.82, 2.24) is 9.88 Å². The second-order valence-electron chi connectivity index (χ2n) is 5.29. The number of hydrogen-bond donors (Lipinski definition) is 1. The highest BCUT2D eigenvalue weighted by atomic mass is 32.1. The van der Waals surface area contributed by atoms with E-state index in [4.69, 9.17) is 0 Å². The Morgan fingerprint density at radius 1 is 1.50 bits per heavy atom. The van der Waals surface area contributed by atoms with E-state index in [2.05, 4.69) is 47.4 Å². The number of thiazole rings is 1. The zero-order chi connectivity index (χ0) is 12.5. The zero-order valence-electron chi connectivity index (χ0n) is 10.9. The molecular formula is C14H19N3S. The lowest BCUT2D eigenvalue weighted by Crippen LogP contribution is -2.18. The molecule has 1 N–H and O–H groups in total. The lowest BCUT2D eigenvalue weighted by molar-refractivity contribution is 0.399. The topological polar surface area (TPSA) is 28.2 Å². The number of hydrogen-bond acceptors (Lipinski definition) is 4. The summed E-state index contributed by atoms with van der Waals surface area (Å²) in [6.45, 7) is 5.60. The summed E-state index contributed by atoms with van der Waals surface area (Å²) in [6, 6.07) is 6.44. The summed E-state index contributed by atoms with van der Waals surface area (Å²) in [5.41, 5.74) is 2.41. The van der Waals surface area contributed by atoms with E-state index in [-0.39, 0.29) is 0 Å². The molecule has 0 saturated carbocycles. The fourth-order valence-electron chi connectivity index (χ4n) is 2.53. The molecule has 1 atom stereocenters. The predicted molar refractivity (Wildman–Crippen MR) is 78.5 cm³/mol. The van der Waals surface area contributed by atoms with Crippen molar-refractivity contribution in [2.45, 2.75) is 13.3 Å². The first kappa shape index (κ1) is 11.9. The third-order valence-corrected chi connectivity index (χ3v) is 4.55. The van der Waals surface area contributed by atoms with Crippen LogP contribution in [0.3, 0.4) is 0 Å². The van der Waals surface area contributed by atoms with Gasteiger partial charge in [-0.2, -0.15) is 0 Å². The summed E-state index contributed by atoms with van der Waals surface area (Å²) in [7, 11) is 2.19. The van der Waals surface area contributed by atoms with Gasteiger partial charge in [-0.25, -0.2) is 4.98 Å². The van der Waals surface area contributed by atoms with Crippen molar-refractivity contribution in [3.05, 3.63) is 23.8 Å². The molecular weight excluding hydrogens is 242 g/mol. The summed E-state index contributed by atoms with van der Waals surface area (Å²) in [5.74, 6) is 0.767. The number of nitrogens with zero attached hydrogens (tertiary/aromatic N) is 2. The Hall–Kier alpha value is -1.13. The van der Waals surface area contributed by atoms with Crippen molar-refractivity contribution < 1.29 is 0 Å². The number of fused-ring (bicyclic) bond motifs is 1. The molecule has 1 fully saturated rings. The maximum atomic E-state index is 4.63. The maximum Gasteiger partial charge on any atom is 0.183 e. The van der Waals surface area contributed by atoms with Crippen molar-refractivity contribution >= 4 is 26.7 Å². The Morgan fingerprint density at radius 3 is 3.17 bits per heavy atom. The van der Waals surface area contributed by atoms with Gasteiger partial charge >= 0.3 is 0 Å². The van der Waals surface area contributed by atoms with Crippen LogP contribution in [0.2, 0.25) is 0 Å². The van der Waals surface area contributed by atoms with E-state index in [1.54, 1.807) is 11.3 Å². The van der Waals surface area contributed by atoms with Crippen molar-refractivity contribution in [3.63, 3.8) is 0 Å². The lowest BCUT2D eigenvalue weighted by Gasteiger charge is -2.10. The highest BCUT2D eigenvalue weighted by molar-refractivity contribution is 7.22. The molecule has 0 radical (unpaired) electrons. The molecule has 2 aromatic rings. The molecule has 1 saturated heterocycles. The number of benzene rings is 1. The molecule has 4 heteroatoms. The van der Waals surface area contributed by atoms with E-state index in [0.29, 0.717) is 0 Å². The fraction of sp³-hybridized carbons (Fsp3) is 0.500. The van der Waals surface area contributed by atoms with Gasteiger partial charge in [-0.15, -0.1) is 0 Å². The number of nitrogens with one attached hydrogen (secondary N) is 1. The van der Waals surface area contributed by atoms with Crippen LogP contribution in [-0.2, 0) is 0 Å². The van der Waals surface area contributed by atoms with Gasteiger partial charge in [-0.05, 0) is 50.6 Å². The highest BCUT2D eigenvalue weighted by Crippen LogP contribution is 2.27. The Morgan fingerprint density at radius 2 is 2.39 bits per heavy atom. The average Bonchev–Trinajstić information content (AvgIpc) is 2.92. The van der Waals surface area contributed by atoms with E-state index in [1.807, 2.05) is 0 Å². The normalized spacial score (nSPS) is 20.7. The van der Waals surface area contributed by atoms with Gasteiger partial charge in [-0.1, -0.05) is 17.4 Å². The van der Waals surface area contributed by atoms with Gasteiger partial charge in [0.1, 0.15) is 0 Å². The molecule has 0 spiro atoms. The van der Waals surface area contributed by atoms with Gasteiger partial charge in [0.25, 0.3) is 0 Å². The van der Waals surface area contributed by atoms with Crippen LogP contribution in [0, 0.1) is 12.8 Å². The molecule has 0 amide bonds. The molecule has 2 heterocycles. The minimum absolute atomic E-state index is 0.767. The Kier molecular flexibility index (Phi) is 3.22. The van der Waals surface area contributed by atoms with Crippen LogP contribution in [0.15, 0.2) is 18.2 Å². The van der Waals surface area contributed by atoms with E-state index in [1.165, 1.54) is 29.8 Å². The smallest absolute Gasteiger partial charge is 0.183 e. The summed E-state index contributed by atoms with van der Waals surface area (Å²) < 4.78 is 1.28. The first-order valence-electron chi connectivity index (χ1n) is 6.50. The van der Waals surface area contributed by atoms with Gasteiger partial charge in [0.05, 0.1) is 10.2 Å². The lowest BCUT2D eigenvalue weighted by atomic mass is 10.1. The zero-order valence-corrected chi connectivity index (χ0v) is 11.8. The molecule has 1 unspecified atom stereocenters. The van der Waals surface area contributed by atoms with Crippen molar-refractivity contribution in [3.8, 4) is 0 Å². The largest absolute Gasteiger partial charge is 0.361 e. The van der Waals surface area contributed by atoms with Gasteiger partial charge in [0.15, 0.2) is 5.13 Å². The van der Waals surface area contributed by atoms with Crippen LogP contribution in [-0.4, -0.2) is 36.6 Å². The minimum atomic E-state index is 0.767. The van der Waals surface area contributed by atoms with Gasteiger partial charge in [0, 0.05) is 13.1 Å². The van der Waals surface area contributed by atoms with Crippen LogP contribution in [0.4, 0.5) is 5.13 Å². The summed E-state index contributed by atoms with van der Waals surface area (Å²) in [6.07, 6.45) is 1.30. The van der Waals surface area contributed by atoms with E-state index in [0.717, 1.165) is 23.1 Å². The molecule has 1 aromatic carbocycles. The van der Waals surface area contributed by atoms with Crippen LogP contribution < -0.4 is 5.32 Å². The first-order chi connectivity index (χ1) is 8.70. The van der Waals surface area contributed by atoms with Gasteiger partial charge in [-0.3, -0.25) is 0 Å².